The lowest BCUT2D eigenvalue weighted by Crippen LogP contribution is -2.49. The van der Waals surface area contributed by atoms with E-state index in [9.17, 15) is 22.8 Å². The first-order chi connectivity index (χ1) is 11.8. The van der Waals surface area contributed by atoms with Gasteiger partial charge in [-0.25, -0.2) is 0 Å². The summed E-state index contributed by atoms with van der Waals surface area (Å²) in [6, 6.07) is 7.41. The van der Waals surface area contributed by atoms with E-state index in [0.717, 1.165) is 16.2 Å². The van der Waals surface area contributed by atoms with Gasteiger partial charge in [0.05, 0.1) is 13.0 Å². The zero-order chi connectivity index (χ0) is 18.4. The van der Waals surface area contributed by atoms with Gasteiger partial charge in [0.15, 0.2) is 0 Å². The summed E-state index contributed by atoms with van der Waals surface area (Å²) >= 11 is 0. The molecule has 0 spiro atoms. The molecule has 1 aliphatic rings. The average Bonchev–Trinajstić information content (AvgIpc) is 2.61. The zero-order valence-corrected chi connectivity index (χ0v) is 13.9. The molecule has 0 bridgehead atoms. The highest BCUT2D eigenvalue weighted by atomic mass is 19.4. The fourth-order valence-electron chi connectivity index (χ4n) is 2.82. The smallest absolute Gasteiger partial charge is 0.471 e. The van der Waals surface area contributed by atoms with Crippen LogP contribution in [0.4, 0.5) is 13.2 Å². The molecule has 1 heterocycles. The third-order valence-corrected chi connectivity index (χ3v) is 4.19. The largest absolute Gasteiger partial charge is 0.497 e. The number of amides is 2. The first kappa shape index (κ1) is 19.1. The SMILES string of the molecule is COc1ccc(CCNC(=O)C2CCCN(C(=O)C(F)(F)F)C2)cc1. The van der Waals surface area contributed by atoms with Gasteiger partial charge in [-0.2, -0.15) is 13.2 Å². The molecule has 1 fully saturated rings. The maximum Gasteiger partial charge on any atom is 0.471 e. The number of alkyl halides is 3. The van der Waals surface area contributed by atoms with Gasteiger partial charge in [-0.15, -0.1) is 0 Å². The van der Waals surface area contributed by atoms with Crippen molar-refractivity contribution < 1.29 is 27.5 Å². The number of piperidine rings is 1. The van der Waals surface area contributed by atoms with E-state index in [1.807, 2.05) is 24.3 Å². The lowest BCUT2D eigenvalue weighted by Gasteiger charge is -2.32. The molecule has 0 aromatic heterocycles. The molecule has 2 amide bonds. The maximum absolute atomic E-state index is 12.5. The number of carbonyl (C=O) groups is 2. The summed E-state index contributed by atoms with van der Waals surface area (Å²) in [5.41, 5.74) is 1.01. The van der Waals surface area contributed by atoms with Crippen LogP contribution in [0.5, 0.6) is 5.75 Å². The Labute approximate surface area is 144 Å². The third kappa shape index (κ3) is 5.37. The van der Waals surface area contributed by atoms with Crippen molar-refractivity contribution in [2.75, 3.05) is 26.7 Å². The number of halogens is 3. The van der Waals surface area contributed by atoms with Gasteiger partial charge in [-0.05, 0) is 37.0 Å². The number of benzene rings is 1. The quantitative estimate of drug-likeness (QED) is 0.878. The van der Waals surface area contributed by atoms with Crippen molar-refractivity contribution in [1.82, 2.24) is 10.2 Å². The van der Waals surface area contributed by atoms with Gasteiger partial charge in [-0.3, -0.25) is 9.59 Å². The molecular formula is C17H21F3N2O3. The van der Waals surface area contributed by atoms with E-state index in [1.165, 1.54) is 0 Å². The average molecular weight is 358 g/mol. The van der Waals surface area contributed by atoms with E-state index < -0.39 is 18.0 Å². The van der Waals surface area contributed by atoms with Crippen molar-refractivity contribution in [2.45, 2.75) is 25.4 Å². The molecule has 25 heavy (non-hydrogen) atoms. The summed E-state index contributed by atoms with van der Waals surface area (Å²) in [5, 5.41) is 2.74. The number of likely N-dealkylation sites (tertiary alicyclic amines) is 1. The van der Waals surface area contributed by atoms with E-state index in [-0.39, 0.29) is 19.0 Å². The Balaban J connectivity index is 1.80. The number of methoxy groups -OCH3 is 1. The van der Waals surface area contributed by atoms with Gasteiger partial charge in [0.25, 0.3) is 0 Å². The number of rotatable bonds is 5. The van der Waals surface area contributed by atoms with Crippen molar-refractivity contribution in [3.8, 4) is 5.75 Å². The van der Waals surface area contributed by atoms with E-state index in [4.69, 9.17) is 4.74 Å². The minimum Gasteiger partial charge on any atom is -0.497 e. The molecule has 1 unspecified atom stereocenters. The van der Waals surface area contributed by atoms with Crippen molar-refractivity contribution in [3.63, 3.8) is 0 Å². The number of hydrogen-bond acceptors (Lipinski definition) is 3. The van der Waals surface area contributed by atoms with Crippen LogP contribution in [0.2, 0.25) is 0 Å². The molecule has 0 saturated carbocycles. The predicted octanol–water partition coefficient (Wildman–Crippen LogP) is 2.15. The molecule has 1 N–H and O–H groups in total. The molecule has 1 atom stereocenters. The van der Waals surface area contributed by atoms with Crippen molar-refractivity contribution in [2.24, 2.45) is 5.92 Å². The van der Waals surface area contributed by atoms with Crippen molar-refractivity contribution in [1.29, 1.82) is 0 Å². The molecule has 1 aliphatic heterocycles. The molecule has 1 aromatic rings. The Morgan fingerprint density at radius 1 is 1.28 bits per heavy atom. The normalized spacial score (nSPS) is 17.9. The monoisotopic (exact) mass is 358 g/mol. The summed E-state index contributed by atoms with van der Waals surface area (Å²) in [4.78, 5) is 24.2. The molecule has 8 heteroatoms. The second kappa shape index (κ2) is 8.22. The third-order valence-electron chi connectivity index (χ3n) is 4.19. The summed E-state index contributed by atoms with van der Waals surface area (Å²) in [6.45, 7) is 0.232. The number of hydrogen-bond donors (Lipinski definition) is 1. The van der Waals surface area contributed by atoms with Crippen LogP contribution < -0.4 is 10.1 Å². The standard InChI is InChI=1S/C17H21F3N2O3/c1-25-14-6-4-12(5-7-14)8-9-21-15(23)13-3-2-10-22(11-13)16(24)17(18,19)20/h4-7,13H,2-3,8-11H2,1H3,(H,21,23). The highest BCUT2D eigenvalue weighted by molar-refractivity contribution is 5.84. The Morgan fingerprint density at radius 3 is 2.56 bits per heavy atom. The van der Waals surface area contributed by atoms with Crippen LogP contribution in [-0.4, -0.2) is 49.6 Å². The van der Waals surface area contributed by atoms with E-state index in [2.05, 4.69) is 5.32 Å². The van der Waals surface area contributed by atoms with Gasteiger partial charge in [0.1, 0.15) is 5.75 Å². The molecule has 2 rings (SSSR count). The summed E-state index contributed by atoms with van der Waals surface area (Å²) in [7, 11) is 1.58. The molecule has 1 saturated heterocycles. The second-order valence-electron chi connectivity index (χ2n) is 5.98. The molecule has 1 aromatic carbocycles. The topological polar surface area (TPSA) is 58.6 Å². The van der Waals surface area contributed by atoms with Gasteiger partial charge < -0.3 is 15.0 Å². The van der Waals surface area contributed by atoms with Crippen LogP contribution in [0.15, 0.2) is 24.3 Å². The predicted molar refractivity (Wildman–Crippen MR) is 85.1 cm³/mol. The van der Waals surface area contributed by atoms with E-state index >= 15 is 0 Å². The number of nitrogens with one attached hydrogen (secondary N) is 1. The first-order valence-electron chi connectivity index (χ1n) is 8.08. The van der Waals surface area contributed by atoms with Crippen LogP contribution in [0.3, 0.4) is 0 Å². The Kier molecular flexibility index (Phi) is 6.27. The molecule has 0 radical (unpaired) electrons. The lowest BCUT2D eigenvalue weighted by molar-refractivity contribution is -0.187. The number of nitrogens with zero attached hydrogens (tertiary/aromatic N) is 1. The fourth-order valence-corrected chi connectivity index (χ4v) is 2.82. The van der Waals surface area contributed by atoms with Gasteiger partial charge in [-0.1, -0.05) is 12.1 Å². The summed E-state index contributed by atoms with van der Waals surface area (Å²) < 4.78 is 42.6. The van der Waals surface area contributed by atoms with Crippen molar-refractivity contribution >= 4 is 11.8 Å². The summed E-state index contributed by atoms with van der Waals surface area (Å²) in [6.07, 6.45) is -3.42. The van der Waals surface area contributed by atoms with E-state index in [0.29, 0.717) is 25.8 Å². The van der Waals surface area contributed by atoms with Crippen molar-refractivity contribution in [3.05, 3.63) is 29.8 Å². The van der Waals surface area contributed by atoms with Crippen LogP contribution >= 0.6 is 0 Å². The minimum absolute atomic E-state index is 0.0357. The van der Waals surface area contributed by atoms with Crippen LogP contribution in [-0.2, 0) is 16.0 Å². The van der Waals surface area contributed by atoms with Gasteiger partial charge >= 0.3 is 12.1 Å². The molecule has 138 valence electrons. The molecule has 0 aliphatic carbocycles. The number of ether oxygens (including phenoxy) is 1. The Bertz CT molecular complexity index is 602. The highest BCUT2D eigenvalue weighted by Gasteiger charge is 2.44. The Hall–Kier alpha value is -2.25. The fraction of sp³-hybridized carbons (Fsp3) is 0.529. The molecular weight excluding hydrogens is 337 g/mol. The van der Waals surface area contributed by atoms with Gasteiger partial charge in [0.2, 0.25) is 5.91 Å². The van der Waals surface area contributed by atoms with Crippen LogP contribution in [0.1, 0.15) is 18.4 Å². The Morgan fingerprint density at radius 2 is 1.96 bits per heavy atom. The number of carbonyl (C=O) groups excluding carboxylic acids is 2. The molecule has 5 nitrogen and oxygen atoms in total. The summed E-state index contributed by atoms with van der Waals surface area (Å²) in [5.74, 6) is -2.04. The first-order valence-corrected chi connectivity index (χ1v) is 8.08. The highest BCUT2D eigenvalue weighted by Crippen LogP contribution is 2.24. The second-order valence-corrected chi connectivity index (χ2v) is 5.98. The lowest BCUT2D eigenvalue weighted by atomic mass is 9.97. The van der Waals surface area contributed by atoms with Crippen LogP contribution in [0.25, 0.3) is 0 Å². The van der Waals surface area contributed by atoms with Crippen LogP contribution in [0, 0.1) is 5.92 Å². The van der Waals surface area contributed by atoms with Gasteiger partial charge in [0, 0.05) is 19.6 Å². The maximum atomic E-state index is 12.5. The van der Waals surface area contributed by atoms with E-state index in [1.54, 1.807) is 7.11 Å². The zero-order valence-electron chi connectivity index (χ0n) is 13.9. The minimum atomic E-state index is -4.90.